The molecule has 4 aromatic rings. The summed E-state index contributed by atoms with van der Waals surface area (Å²) in [6, 6.07) is 15.7. The molecule has 0 atom stereocenters. The summed E-state index contributed by atoms with van der Waals surface area (Å²) in [6.45, 7) is 4.01. The van der Waals surface area contributed by atoms with Crippen LogP contribution in [0.3, 0.4) is 0 Å². The maximum absolute atomic E-state index is 12.5. The maximum Gasteiger partial charge on any atom is 0.234 e. The average Bonchev–Trinajstić information content (AvgIpc) is 3.36. The van der Waals surface area contributed by atoms with Crippen molar-refractivity contribution in [2.45, 2.75) is 19.0 Å². The van der Waals surface area contributed by atoms with Crippen molar-refractivity contribution in [2.24, 2.45) is 0 Å². The van der Waals surface area contributed by atoms with Gasteiger partial charge in [-0.25, -0.2) is 4.98 Å². The Hall–Kier alpha value is -2.97. The van der Waals surface area contributed by atoms with E-state index in [1.54, 1.807) is 17.7 Å². The molecule has 0 unspecified atom stereocenters. The first-order chi connectivity index (χ1) is 14.1. The van der Waals surface area contributed by atoms with Gasteiger partial charge in [-0.05, 0) is 37.6 Å². The highest BCUT2D eigenvalue weighted by molar-refractivity contribution is 7.99. The second kappa shape index (κ2) is 8.59. The summed E-state index contributed by atoms with van der Waals surface area (Å²) >= 11 is 2.96. The third kappa shape index (κ3) is 4.55. The molecule has 0 fully saturated rings. The lowest BCUT2D eigenvalue weighted by Crippen LogP contribution is -2.14. The SMILES string of the molecule is Cc1nc(-c2cccc(NC(=O)CSc3nncn3-c3ccccc3C)c2)cs1. The van der Waals surface area contributed by atoms with Crippen molar-refractivity contribution in [3.8, 4) is 16.9 Å². The molecule has 6 nitrogen and oxygen atoms in total. The number of hydrogen-bond acceptors (Lipinski definition) is 6. The zero-order valence-electron chi connectivity index (χ0n) is 16.0. The molecule has 0 saturated carbocycles. The lowest BCUT2D eigenvalue weighted by atomic mass is 10.1. The number of para-hydroxylation sites is 1. The Morgan fingerprint density at radius 1 is 1.17 bits per heavy atom. The predicted octanol–water partition coefficient (Wildman–Crippen LogP) is 4.74. The number of thioether (sulfide) groups is 1. The van der Waals surface area contributed by atoms with Crippen LogP contribution >= 0.6 is 23.1 Å². The molecular formula is C21H19N5OS2. The van der Waals surface area contributed by atoms with E-state index < -0.39 is 0 Å². The molecular weight excluding hydrogens is 402 g/mol. The van der Waals surface area contributed by atoms with Crippen LogP contribution < -0.4 is 5.32 Å². The Morgan fingerprint density at radius 3 is 2.83 bits per heavy atom. The van der Waals surface area contributed by atoms with Gasteiger partial charge in [-0.3, -0.25) is 9.36 Å². The molecule has 2 aromatic carbocycles. The minimum absolute atomic E-state index is 0.0964. The van der Waals surface area contributed by atoms with Gasteiger partial charge in [-0.2, -0.15) is 0 Å². The molecule has 0 aliphatic heterocycles. The summed E-state index contributed by atoms with van der Waals surface area (Å²) in [5.74, 6) is 0.144. The smallest absolute Gasteiger partial charge is 0.234 e. The molecule has 1 amide bonds. The summed E-state index contributed by atoms with van der Waals surface area (Å²) in [5, 5.41) is 14.8. The fourth-order valence-corrected chi connectivity index (χ4v) is 4.25. The van der Waals surface area contributed by atoms with E-state index in [1.807, 2.05) is 72.3 Å². The van der Waals surface area contributed by atoms with Crippen molar-refractivity contribution in [1.29, 1.82) is 0 Å². The van der Waals surface area contributed by atoms with Crippen LogP contribution in [0.4, 0.5) is 5.69 Å². The Labute approximate surface area is 177 Å². The number of anilines is 1. The van der Waals surface area contributed by atoms with E-state index in [1.165, 1.54) is 11.8 Å². The van der Waals surface area contributed by atoms with Crippen molar-refractivity contribution < 1.29 is 4.79 Å². The number of hydrogen-bond donors (Lipinski definition) is 1. The minimum Gasteiger partial charge on any atom is -0.325 e. The van der Waals surface area contributed by atoms with Gasteiger partial charge in [0.1, 0.15) is 6.33 Å². The molecule has 1 N–H and O–H groups in total. The van der Waals surface area contributed by atoms with Crippen molar-refractivity contribution in [3.05, 3.63) is 70.8 Å². The van der Waals surface area contributed by atoms with Crippen LogP contribution in [0.25, 0.3) is 16.9 Å². The number of aromatic nitrogens is 4. The standard InChI is InChI=1S/C21H19N5OS2/c1-14-6-3-4-9-19(14)26-13-22-25-21(26)29-12-20(27)24-17-8-5-7-16(10-17)18-11-28-15(2)23-18/h3-11,13H,12H2,1-2H3,(H,24,27). The van der Waals surface area contributed by atoms with Gasteiger partial charge in [-0.15, -0.1) is 21.5 Å². The van der Waals surface area contributed by atoms with Crippen LogP contribution in [0.1, 0.15) is 10.6 Å². The molecule has 29 heavy (non-hydrogen) atoms. The second-order valence-electron chi connectivity index (χ2n) is 6.44. The van der Waals surface area contributed by atoms with Crippen molar-refractivity contribution in [2.75, 3.05) is 11.1 Å². The van der Waals surface area contributed by atoms with Gasteiger partial charge >= 0.3 is 0 Å². The van der Waals surface area contributed by atoms with E-state index >= 15 is 0 Å². The van der Waals surface area contributed by atoms with Crippen molar-refractivity contribution >= 4 is 34.7 Å². The number of nitrogens with one attached hydrogen (secondary N) is 1. The quantitative estimate of drug-likeness (QED) is 0.455. The Balaban J connectivity index is 1.42. The molecule has 8 heteroatoms. The molecule has 0 radical (unpaired) electrons. The molecule has 0 aliphatic rings. The number of amides is 1. The highest BCUT2D eigenvalue weighted by Gasteiger charge is 2.12. The van der Waals surface area contributed by atoms with Gasteiger partial charge in [0.15, 0.2) is 5.16 Å². The first-order valence-electron chi connectivity index (χ1n) is 9.01. The number of carbonyl (C=O) groups excluding carboxylic acids is 1. The van der Waals surface area contributed by atoms with Crippen LogP contribution in [0.15, 0.2) is 65.4 Å². The fourth-order valence-electron chi connectivity index (χ4n) is 2.90. The molecule has 0 saturated heterocycles. The molecule has 0 spiro atoms. The van der Waals surface area contributed by atoms with Crippen LogP contribution in [0, 0.1) is 13.8 Å². The first-order valence-corrected chi connectivity index (χ1v) is 10.9. The van der Waals surface area contributed by atoms with Gasteiger partial charge in [-0.1, -0.05) is 42.1 Å². The number of carbonyl (C=O) groups is 1. The molecule has 2 aromatic heterocycles. The first kappa shape index (κ1) is 19.4. The normalized spacial score (nSPS) is 10.8. The van der Waals surface area contributed by atoms with E-state index in [0.717, 1.165) is 33.2 Å². The lowest BCUT2D eigenvalue weighted by Gasteiger charge is -2.09. The zero-order chi connectivity index (χ0) is 20.2. The summed E-state index contributed by atoms with van der Waals surface area (Å²) in [5.41, 5.74) is 4.78. The molecule has 4 rings (SSSR count). The predicted molar refractivity (Wildman–Crippen MR) is 118 cm³/mol. The highest BCUT2D eigenvalue weighted by atomic mass is 32.2. The summed E-state index contributed by atoms with van der Waals surface area (Å²) < 4.78 is 1.90. The van der Waals surface area contributed by atoms with Crippen molar-refractivity contribution in [3.63, 3.8) is 0 Å². The van der Waals surface area contributed by atoms with Crippen LogP contribution in [-0.4, -0.2) is 31.4 Å². The van der Waals surface area contributed by atoms with Gasteiger partial charge in [0.05, 0.1) is 22.1 Å². The number of benzene rings is 2. The average molecular weight is 422 g/mol. The van der Waals surface area contributed by atoms with Crippen LogP contribution in [0.5, 0.6) is 0 Å². The molecule has 0 bridgehead atoms. The van der Waals surface area contributed by atoms with E-state index in [-0.39, 0.29) is 11.7 Å². The summed E-state index contributed by atoms with van der Waals surface area (Å²) in [4.78, 5) is 17.0. The van der Waals surface area contributed by atoms with Gasteiger partial charge in [0, 0.05) is 16.6 Å². The number of rotatable bonds is 6. The zero-order valence-corrected chi connectivity index (χ0v) is 17.6. The third-order valence-electron chi connectivity index (χ3n) is 4.28. The lowest BCUT2D eigenvalue weighted by molar-refractivity contribution is -0.113. The molecule has 146 valence electrons. The number of aryl methyl sites for hydroxylation is 2. The van der Waals surface area contributed by atoms with Crippen molar-refractivity contribution in [1.82, 2.24) is 19.7 Å². The minimum atomic E-state index is -0.0964. The molecule has 0 aliphatic carbocycles. The van der Waals surface area contributed by atoms with E-state index in [2.05, 4.69) is 20.5 Å². The van der Waals surface area contributed by atoms with Crippen LogP contribution in [-0.2, 0) is 4.79 Å². The maximum atomic E-state index is 12.5. The second-order valence-corrected chi connectivity index (χ2v) is 8.44. The monoisotopic (exact) mass is 421 g/mol. The summed E-state index contributed by atoms with van der Waals surface area (Å²) in [6.07, 6.45) is 1.67. The van der Waals surface area contributed by atoms with Gasteiger partial charge < -0.3 is 5.32 Å². The molecule has 2 heterocycles. The topological polar surface area (TPSA) is 72.7 Å². The third-order valence-corrected chi connectivity index (χ3v) is 6.00. The summed E-state index contributed by atoms with van der Waals surface area (Å²) in [7, 11) is 0. The van der Waals surface area contributed by atoms with Gasteiger partial charge in [0.25, 0.3) is 0 Å². The largest absolute Gasteiger partial charge is 0.325 e. The number of nitrogens with zero attached hydrogens (tertiary/aromatic N) is 4. The number of thiazole rings is 1. The van der Waals surface area contributed by atoms with E-state index in [0.29, 0.717) is 5.16 Å². The highest BCUT2D eigenvalue weighted by Crippen LogP contribution is 2.25. The Bertz CT molecular complexity index is 1150. The fraction of sp³-hybridized carbons (Fsp3) is 0.143. The van der Waals surface area contributed by atoms with E-state index in [4.69, 9.17) is 0 Å². The Morgan fingerprint density at radius 2 is 2.03 bits per heavy atom. The van der Waals surface area contributed by atoms with Gasteiger partial charge in [0.2, 0.25) is 5.91 Å². The van der Waals surface area contributed by atoms with E-state index in [9.17, 15) is 4.79 Å². The van der Waals surface area contributed by atoms with Crippen LogP contribution in [0.2, 0.25) is 0 Å². The Kier molecular flexibility index (Phi) is 5.73.